The Morgan fingerprint density at radius 2 is 2.00 bits per heavy atom. The number of hydrogen-bond donors (Lipinski definition) is 2. The Balaban J connectivity index is 1.30. The predicted molar refractivity (Wildman–Crippen MR) is 142 cm³/mol. The highest BCUT2D eigenvalue weighted by Crippen LogP contribution is 2.22. The summed E-state index contributed by atoms with van der Waals surface area (Å²) in [6.45, 7) is 3.10. The van der Waals surface area contributed by atoms with Crippen molar-refractivity contribution in [2.75, 3.05) is 50.3 Å². The predicted octanol–water partition coefficient (Wildman–Crippen LogP) is 3.68. The number of benzene rings is 2. The third-order valence-electron chi connectivity index (χ3n) is 6.08. The van der Waals surface area contributed by atoms with E-state index in [4.69, 9.17) is 14.2 Å². The summed E-state index contributed by atoms with van der Waals surface area (Å²) in [6, 6.07) is 15.6. The van der Waals surface area contributed by atoms with Crippen molar-refractivity contribution in [1.29, 1.82) is 0 Å². The maximum Gasteiger partial charge on any atom is 0.320 e. The minimum absolute atomic E-state index is 0.255. The lowest BCUT2D eigenvalue weighted by atomic mass is 10.1. The Labute approximate surface area is 214 Å². The lowest BCUT2D eigenvalue weighted by molar-refractivity contribution is 0.112. The standard InChI is InChI=1S/C27H28N6O4/c1-35-24-14-19(6-7-20(24)18-34)8-11-37-27-30-25(15-26(31-27)33-9-12-36-13-10-33)32-29-17-21-16-28-23-5-3-2-4-22(21)23/h2-7,14-18,28H,8-13H2,1H3,(H,30,31,32)/b29-17+. The number of aldehydes is 1. The zero-order valence-electron chi connectivity index (χ0n) is 20.5. The number of anilines is 2. The Morgan fingerprint density at radius 3 is 2.84 bits per heavy atom. The first-order chi connectivity index (χ1) is 18.2. The van der Waals surface area contributed by atoms with Crippen LogP contribution in [0.1, 0.15) is 21.5 Å². The van der Waals surface area contributed by atoms with Crippen molar-refractivity contribution in [3.05, 3.63) is 71.4 Å². The van der Waals surface area contributed by atoms with Gasteiger partial charge in [0.15, 0.2) is 12.1 Å². The van der Waals surface area contributed by atoms with Gasteiger partial charge in [-0.1, -0.05) is 24.3 Å². The van der Waals surface area contributed by atoms with Crippen molar-refractivity contribution in [3.8, 4) is 11.8 Å². The maximum atomic E-state index is 11.1. The van der Waals surface area contributed by atoms with Crippen LogP contribution in [-0.2, 0) is 11.2 Å². The minimum Gasteiger partial charge on any atom is -0.496 e. The molecule has 2 aromatic carbocycles. The highest BCUT2D eigenvalue weighted by atomic mass is 16.5. The van der Waals surface area contributed by atoms with Gasteiger partial charge in [0.25, 0.3) is 0 Å². The maximum absolute atomic E-state index is 11.1. The molecule has 1 aliphatic rings. The number of fused-ring (bicyclic) bond motifs is 1. The van der Waals surface area contributed by atoms with Crippen LogP contribution in [0, 0.1) is 0 Å². The third-order valence-corrected chi connectivity index (χ3v) is 6.08. The van der Waals surface area contributed by atoms with Gasteiger partial charge >= 0.3 is 6.01 Å². The second-order valence-electron chi connectivity index (χ2n) is 8.45. The topological polar surface area (TPSA) is 114 Å². The quantitative estimate of drug-likeness (QED) is 0.193. The molecule has 1 fully saturated rings. The number of H-pyrrole nitrogens is 1. The van der Waals surface area contributed by atoms with E-state index in [0.717, 1.165) is 47.2 Å². The molecule has 0 amide bonds. The number of nitrogens with one attached hydrogen (secondary N) is 2. The first-order valence-corrected chi connectivity index (χ1v) is 12.1. The summed E-state index contributed by atoms with van der Waals surface area (Å²) in [6.07, 6.45) is 5.05. The van der Waals surface area contributed by atoms with Crippen LogP contribution >= 0.6 is 0 Å². The second-order valence-corrected chi connectivity index (χ2v) is 8.45. The molecule has 3 heterocycles. The van der Waals surface area contributed by atoms with E-state index in [1.54, 1.807) is 19.4 Å². The number of carbonyl (C=O) groups is 1. The smallest absolute Gasteiger partial charge is 0.320 e. The summed E-state index contributed by atoms with van der Waals surface area (Å²) in [5, 5.41) is 5.49. The molecule has 0 bridgehead atoms. The molecule has 2 N–H and O–H groups in total. The molecule has 0 spiro atoms. The van der Waals surface area contributed by atoms with Gasteiger partial charge in [-0.3, -0.25) is 10.2 Å². The minimum atomic E-state index is 0.255. The van der Waals surface area contributed by atoms with Crippen molar-refractivity contribution in [3.63, 3.8) is 0 Å². The molecular weight excluding hydrogens is 472 g/mol. The zero-order chi connectivity index (χ0) is 25.5. The van der Waals surface area contributed by atoms with E-state index in [1.165, 1.54) is 0 Å². The molecule has 1 aliphatic heterocycles. The summed E-state index contributed by atoms with van der Waals surface area (Å²) in [5.74, 6) is 1.81. The molecule has 0 aliphatic carbocycles. The van der Waals surface area contributed by atoms with E-state index < -0.39 is 0 Å². The molecule has 0 radical (unpaired) electrons. The van der Waals surface area contributed by atoms with Crippen LogP contribution < -0.4 is 19.8 Å². The van der Waals surface area contributed by atoms with Gasteiger partial charge in [0.1, 0.15) is 11.6 Å². The highest BCUT2D eigenvalue weighted by Gasteiger charge is 2.16. The fourth-order valence-electron chi connectivity index (χ4n) is 4.13. The fraction of sp³-hybridized carbons (Fsp3) is 0.259. The van der Waals surface area contributed by atoms with Crippen LogP contribution in [0.5, 0.6) is 11.8 Å². The van der Waals surface area contributed by atoms with E-state index in [9.17, 15) is 4.79 Å². The molecule has 4 aromatic rings. The first-order valence-electron chi connectivity index (χ1n) is 12.1. The van der Waals surface area contributed by atoms with Crippen LogP contribution in [0.15, 0.2) is 59.8 Å². The third kappa shape index (κ3) is 5.87. The Bertz CT molecular complexity index is 1400. The van der Waals surface area contributed by atoms with Crippen molar-refractivity contribution in [2.45, 2.75) is 6.42 Å². The number of aromatic nitrogens is 3. The van der Waals surface area contributed by atoms with Crippen LogP contribution in [0.4, 0.5) is 11.6 Å². The van der Waals surface area contributed by atoms with Gasteiger partial charge in [0, 0.05) is 48.2 Å². The molecule has 37 heavy (non-hydrogen) atoms. The normalized spacial score (nSPS) is 13.7. The fourth-order valence-corrected chi connectivity index (χ4v) is 4.13. The van der Waals surface area contributed by atoms with E-state index in [-0.39, 0.29) is 6.01 Å². The Kier molecular flexibility index (Phi) is 7.56. The lowest BCUT2D eigenvalue weighted by Gasteiger charge is -2.28. The summed E-state index contributed by atoms with van der Waals surface area (Å²) in [4.78, 5) is 25.6. The molecule has 0 atom stereocenters. The second kappa shape index (κ2) is 11.5. The number of carbonyl (C=O) groups excluding carboxylic acids is 1. The number of ether oxygens (including phenoxy) is 3. The molecule has 10 nitrogen and oxygen atoms in total. The van der Waals surface area contributed by atoms with Gasteiger partial charge in [-0.25, -0.2) is 0 Å². The SMILES string of the molecule is COc1cc(CCOc2nc(N/N=C/c3c[nH]c4ccccc34)cc(N3CCOCC3)n2)ccc1C=O. The van der Waals surface area contributed by atoms with Gasteiger partial charge in [0.05, 0.1) is 38.7 Å². The molecule has 190 valence electrons. The number of morpholine rings is 1. The molecule has 0 saturated carbocycles. The van der Waals surface area contributed by atoms with Gasteiger partial charge < -0.3 is 24.1 Å². The number of rotatable bonds is 10. The average Bonchev–Trinajstić information content (AvgIpc) is 3.36. The highest BCUT2D eigenvalue weighted by molar-refractivity contribution is 5.99. The number of hydrazone groups is 1. The summed E-state index contributed by atoms with van der Waals surface area (Å²) < 4.78 is 16.7. The lowest BCUT2D eigenvalue weighted by Crippen LogP contribution is -2.36. The zero-order valence-corrected chi connectivity index (χ0v) is 20.5. The molecule has 1 saturated heterocycles. The largest absolute Gasteiger partial charge is 0.496 e. The van der Waals surface area contributed by atoms with E-state index in [1.807, 2.05) is 48.7 Å². The van der Waals surface area contributed by atoms with E-state index in [0.29, 0.717) is 43.4 Å². The van der Waals surface area contributed by atoms with Gasteiger partial charge in [-0.05, 0) is 23.8 Å². The van der Waals surface area contributed by atoms with Crippen LogP contribution in [0.2, 0.25) is 0 Å². The molecular formula is C27H28N6O4. The van der Waals surface area contributed by atoms with Crippen LogP contribution in [-0.4, -0.2) is 67.5 Å². The number of aromatic amines is 1. The van der Waals surface area contributed by atoms with Crippen molar-refractivity contribution >= 4 is 35.0 Å². The molecule has 5 rings (SSSR count). The molecule has 0 unspecified atom stereocenters. The van der Waals surface area contributed by atoms with Gasteiger partial charge in [-0.2, -0.15) is 15.1 Å². The van der Waals surface area contributed by atoms with E-state index in [2.05, 4.69) is 30.4 Å². The van der Waals surface area contributed by atoms with Crippen LogP contribution in [0.3, 0.4) is 0 Å². The molecule has 10 heteroatoms. The van der Waals surface area contributed by atoms with Gasteiger partial charge in [-0.15, -0.1) is 0 Å². The van der Waals surface area contributed by atoms with Crippen molar-refractivity contribution in [2.24, 2.45) is 5.10 Å². The molecule has 2 aromatic heterocycles. The number of methoxy groups -OCH3 is 1. The summed E-state index contributed by atoms with van der Waals surface area (Å²) >= 11 is 0. The first kappa shape index (κ1) is 24.3. The number of nitrogens with zero attached hydrogens (tertiary/aromatic N) is 4. The van der Waals surface area contributed by atoms with Gasteiger partial charge in [0.2, 0.25) is 0 Å². The number of para-hydroxylation sites is 1. The van der Waals surface area contributed by atoms with Crippen molar-refractivity contribution in [1.82, 2.24) is 15.0 Å². The van der Waals surface area contributed by atoms with Crippen LogP contribution in [0.25, 0.3) is 10.9 Å². The average molecular weight is 501 g/mol. The number of hydrogen-bond acceptors (Lipinski definition) is 9. The Hall–Kier alpha value is -4.44. The monoisotopic (exact) mass is 500 g/mol. The van der Waals surface area contributed by atoms with E-state index >= 15 is 0 Å². The Morgan fingerprint density at radius 1 is 1.14 bits per heavy atom. The summed E-state index contributed by atoms with van der Waals surface area (Å²) in [7, 11) is 1.54. The van der Waals surface area contributed by atoms with Crippen molar-refractivity contribution < 1.29 is 19.0 Å². The summed E-state index contributed by atoms with van der Waals surface area (Å²) in [5.41, 5.74) is 6.53.